The summed E-state index contributed by atoms with van der Waals surface area (Å²) in [5, 5.41) is 3.07. The van der Waals surface area contributed by atoms with E-state index in [2.05, 4.69) is 17.4 Å². The average Bonchev–Trinajstić information content (AvgIpc) is 3.08. The summed E-state index contributed by atoms with van der Waals surface area (Å²) in [7, 11) is 1.65. The molecule has 0 unspecified atom stereocenters. The standard InChI is InChI=1S/C32H43N3O4/c1-3-8-27(30(33)36)28(20-22-9-6-10-22)31(37)34-29-13-4-5-18-35(32(29)38)21-23-11-7-12-25(19-23)24-14-16-26(39-2)17-15-24/h7,11-12,14-17,19,22,27-29H,3-6,8-10,13,18,20-21H2,1-2H3,(H2,33,36)(H,34,37)/t27-,28+,29-/m0/s1. The van der Waals surface area contributed by atoms with Crippen LogP contribution in [0.15, 0.2) is 48.5 Å². The first-order valence-corrected chi connectivity index (χ1v) is 14.5. The van der Waals surface area contributed by atoms with Gasteiger partial charge in [0.05, 0.1) is 7.11 Å². The Balaban J connectivity index is 1.46. The highest BCUT2D eigenvalue weighted by atomic mass is 16.5. The Hall–Kier alpha value is -3.35. The molecule has 210 valence electrons. The first kappa shape index (κ1) is 28.7. The molecule has 1 saturated heterocycles. The number of likely N-dealkylation sites (tertiary alicyclic amines) is 1. The molecule has 3 N–H and O–H groups in total. The van der Waals surface area contributed by atoms with Crippen molar-refractivity contribution in [1.29, 1.82) is 0 Å². The minimum atomic E-state index is -0.580. The van der Waals surface area contributed by atoms with Crippen molar-refractivity contribution in [2.75, 3.05) is 13.7 Å². The number of nitrogens with one attached hydrogen (secondary N) is 1. The van der Waals surface area contributed by atoms with Gasteiger partial charge in [-0.05, 0) is 72.9 Å². The van der Waals surface area contributed by atoms with E-state index in [-0.39, 0.29) is 11.8 Å². The molecule has 0 bridgehead atoms. The van der Waals surface area contributed by atoms with Crippen molar-refractivity contribution < 1.29 is 19.1 Å². The molecule has 0 aromatic heterocycles. The summed E-state index contributed by atoms with van der Waals surface area (Å²) in [4.78, 5) is 41.4. The van der Waals surface area contributed by atoms with Crippen LogP contribution in [0.5, 0.6) is 5.75 Å². The van der Waals surface area contributed by atoms with E-state index in [0.717, 1.165) is 54.5 Å². The lowest BCUT2D eigenvalue weighted by molar-refractivity contribution is -0.139. The van der Waals surface area contributed by atoms with Crippen molar-refractivity contribution in [2.24, 2.45) is 23.5 Å². The molecule has 0 radical (unpaired) electrons. The van der Waals surface area contributed by atoms with Gasteiger partial charge in [0.15, 0.2) is 0 Å². The fourth-order valence-corrected chi connectivity index (χ4v) is 5.92. The van der Waals surface area contributed by atoms with Gasteiger partial charge in [0.25, 0.3) is 0 Å². The number of nitrogens with zero attached hydrogens (tertiary/aromatic N) is 1. The van der Waals surface area contributed by atoms with E-state index in [1.165, 1.54) is 6.42 Å². The quantitative estimate of drug-likeness (QED) is 0.398. The summed E-state index contributed by atoms with van der Waals surface area (Å²) in [6, 6.07) is 15.6. The normalized spacial score (nSPS) is 19.5. The lowest BCUT2D eigenvalue weighted by Crippen LogP contribution is -2.51. The number of hydrogen-bond acceptors (Lipinski definition) is 4. The molecular formula is C32H43N3O4. The van der Waals surface area contributed by atoms with Crippen LogP contribution in [0.3, 0.4) is 0 Å². The maximum Gasteiger partial charge on any atom is 0.245 e. The zero-order chi connectivity index (χ0) is 27.8. The molecule has 0 spiro atoms. The zero-order valence-electron chi connectivity index (χ0n) is 23.4. The summed E-state index contributed by atoms with van der Waals surface area (Å²) in [6.07, 6.45) is 7.76. The predicted octanol–water partition coefficient (Wildman–Crippen LogP) is 5.07. The Morgan fingerprint density at radius 1 is 1.03 bits per heavy atom. The number of primary amides is 1. The van der Waals surface area contributed by atoms with Crippen LogP contribution in [0.25, 0.3) is 11.1 Å². The molecule has 7 heteroatoms. The summed E-state index contributed by atoms with van der Waals surface area (Å²) < 4.78 is 5.27. The van der Waals surface area contributed by atoms with Gasteiger partial charge in [-0.3, -0.25) is 14.4 Å². The monoisotopic (exact) mass is 533 g/mol. The van der Waals surface area contributed by atoms with E-state index in [1.807, 2.05) is 48.2 Å². The van der Waals surface area contributed by atoms with E-state index in [9.17, 15) is 14.4 Å². The summed E-state index contributed by atoms with van der Waals surface area (Å²) in [5.74, 6) is -0.359. The highest BCUT2D eigenvalue weighted by Crippen LogP contribution is 2.36. The van der Waals surface area contributed by atoms with Gasteiger partial charge in [0.1, 0.15) is 11.8 Å². The summed E-state index contributed by atoms with van der Waals surface area (Å²) in [5.41, 5.74) is 8.96. The number of hydrogen-bond donors (Lipinski definition) is 2. The third kappa shape index (κ3) is 7.40. The van der Waals surface area contributed by atoms with Crippen molar-refractivity contribution in [2.45, 2.75) is 77.3 Å². The van der Waals surface area contributed by atoms with Crippen molar-refractivity contribution >= 4 is 17.7 Å². The van der Waals surface area contributed by atoms with E-state index >= 15 is 0 Å². The van der Waals surface area contributed by atoms with Crippen LogP contribution < -0.4 is 15.8 Å². The second-order valence-corrected chi connectivity index (χ2v) is 11.2. The van der Waals surface area contributed by atoms with Crippen LogP contribution >= 0.6 is 0 Å². The van der Waals surface area contributed by atoms with Crippen molar-refractivity contribution in [3.05, 3.63) is 54.1 Å². The molecule has 4 rings (SSSR count). The van der Waals surface area contributed by atoms with Gasteiger partial charge in [-0.15, -0.1) is 0 Å². The Morgan fingerprint density at radius 2 is 1.79 bits per heavy atom. The second kappa shape index (κ2) is 13.6. The third-order valence-electron chi connectivity index (χ3n) is 8.42. The Kier molecular flexibility index (Phi) is 10.0. The maximum atomic E-state index is 13.7. The fourth-order valence-electron chi connectivity index (χ4n) is 5.92. The molecule has 3 atom stereocenters. The summed E-state index contributed by atoms with van der Waals surface area (Å²) in [6.45, 7) is 3.15. The number of carbonyl (C=O) groups excluding carboxylic acids is 3. The van der Waals surface area contributed by atoms with Crippen molar-refractivity contribution in [1.82, 2.24) is 10.2 Å². The zero-order valence-corrected chi connectivity index (χ0v) is 23.4. The molecule has 1 aliphatic carbocycles. The van der Waals surface area contributed by atoms with Crippen LogP contribution in [0, 0.1) is 17.8 Å². The first-order valence-electron chi connectivity index (χ1n) is 14.5. The van der Waals surface area contributed by atoms with Gasteiger partial charge in [-0.2, -0.15) is 0 Å². The number of methoxy groups -OCH3 is 1. The molecule has 2 aromatic rings. The lowest BCUT2D eigenvalue weighted by Gasteiger charge is -2.33. The second-order valence-electron chi connectivity index (χ2n) is 11.2. The number of rotatable bonds is 12. The van der Waals surface area contributed by atoms with Crippen LogP contribution in [-0.4, -0.2) is 42.3 Å². The third-order valence-corrected chi connectivity index (χ3v) is 8.42. The van der Waals surface area contributed by atoms with Gasteiger partial charge >= 0.3 is 0 Å². The molecule has 2 fully saturated rings. The van der Waals surface area contributed by atoms with Gasteiger partial charge in [-0.25, -0.2) is 0 Å². The first-order chi connectivity index (χ1) is 18.9. The van der Waals surface area contributed by atoms with Gasteiger partial charge in [-0.1, -0.05) is 62.9 Å². The average molecular weight is 534 g/mol. The minimum Gasteiger partial charge on any atom is -0.497 e. The van der Waals surface area contributed by atoms with Gasteiger partial charge in [0, 0.05) is 24.9 Å². The molecule has 1 heterocycles. The van der Waals surface area contributed by atoms with Crippen LogP contribution in [0.4, 0.5) is 0 Å². The van der Waals surface area contributed by atoms with Gasteiger partial charge < -0.3 is 20.7 Å². The Bertz CT molecular complexity index is 1130. The minimum absolute atomic E-state index is 0.0517. The van der Waals surface area contributed by atoms with Crippen LogP contribution in [0.1, 0.15) is 70.3 Å². The lowest BCUT2D eigenvalue weighted by atomic mass is 9.74. The number of ether oxygens (including phenoxy) is 1. The fraction of sp³-hybridized carbons (Fsp3) is 0.531. The number of benzene rings is 2. The highest BCUT2D eigenvalue weighted by Gasteiger charge is 2.37. The van der Waals surface area contributed by atoms with E-state index in [1.54, 1.807) is 7.11 Å². The Morgan fingerprint density at radius 3 is 2.44 bits per heavy atom. The molecule has 1 aliphatic heterocycles. The number of amides is 3. The van der Waals surface area contributed by atoms with E-state index in [0.29, 0.717) is 38.3 Å². The Labute approximate surface area is 232 Å². The largest absolute Gasteiger partial charge is 0.497 e. The molecule has 1 saturated carbocycles. The number of carbonyl (C=O) groups is 3. The summed E-state index contributed by atoms with van der Waals surface area (Å²) >= 11 is 0. The number of nitrogens with two attached hydrogens (primary N) is 1. The smallest absolute Gasteiger partial charge is 0.245 e. The van der Waals surface area contributed by atoms with Gasteiger partial charge in [0.2, 0.25) is 17.7 Å². The van der Waals surface area contributed by atoms with Crippen molar-refractivity contribution in [3.63, 3.8) is 0 Å². The maximum absolute atomic E-state index is 13.7. The van der Waals surface area contributed by atoms with Crippen LogP contribution in [0.2, 0.25) is 0 Å². The molecular weight excluding hydrogens is 490 g/mol. The predicted molar refractivity (Wildman–Crippen MR) is 153 cm³/mol. The molecule has 3 amide bonds. The molecule has 2 aromatic carbocycles. The molecule has 7 nitrogen and oxygen atoms in total. The highest BCUT2D eigenvalue weighted by molar-refractivity contribution is 5.91. The SMILES string of the molecule is CCC[C@H](C(N)=O)[C@@H](CC1CCC1)C(=O)N[C@H]1CCCCN(Cc2cccc(-c3ccc(OC)cc3)c2)C1=O. The van der Waals surface area contributed by atoms with E-state index < -0.39 is 23.8 Å². The topological polar surface area (TPSA) is 102 Å². The molecule has 39 heavy (non-hydrogen) atoms. The van der Waals surface area contributed by atoms with Crippen molar-refractivity contribution in [3.8, 4) is 16.9 Å². The molecule has 2 aliphatic rings. The van der Waals surface area contributed by atoms with E-state index in [4.69, 9.17) is 10.5 Å². The van der Waals surface area contributed by atoms with Crippen LogP contribution in [-0.2, 0) is 20.9 Å².